The molecule has 1 atom stereocenters. The zero-order chi connectivity index (χ0) is 13.5. The molecule has 0 rings (SSSR count). The number of Topliss-reactive ketones (excluding diaryl/α,β-unsaturated/α-hetero) is 1. The minimum Gasteiger partial charge on any atom is -0.300 e. The van der Waals surface area contributed by atoms with E-state index in [1.165, 1.54) is 0 Å². The summed E-state index contributed by atoms with van der Waals surface area (Å²) in [7, 11) is -2.08. The average Bonchev–Trinajstić information content (AvgIpc) is 2.20. The molecule has 100 valence electrons. The van der Waals surface area contributed by atoms with Crippen molar-refractivity contribution in [2.24, 2.45) is 0 Å². The molecule has 17 heavy (non-hydrogen) atoms. The van der Waals surface area contributed by atoms with E-state index in [9.17, 15) is 13.2 Å². The Bertz CT molecular complexity index is 364. The Kier molecular flexibility index (Phi) is 6.59. The van der Waals surface area contributed by atoms with E-state index in [2.05, 4.69) is 6.58 Å². The average molecular weight is 264 g/mol. The highest BCUT2D eigenvalue weighted by Gasteiger charge is 2.20. The first-order valence-electron chi connectivity index (χ1n) is 5.61. The van der Waals surface area contributed by atoms with Gasteiger partial charge in [0.15, 0.2) is 0 Å². The normalized spacial score (nSPS) is 15.2. The predicted octanol–water partition coefficient (Wildman–Crippen LogP) is 1.22. The number of quaternary nitrogens is 1. The Balaban J connectivity index is 4.10. The van der Waals surface area contributed by atoms with E-state index in [0.717, 1.165) is 12.8 Å². The van der Waals surface area contributed by atoms with Crippen molar-refractivity contribution in [1.29, 1.82) is 0 Å². The van der Waals surface area contributed by atoms with Crippen molar-refractivity contribution < 1.29 is 22.2 Å². The summed E-state index contributed by atoms with van der Waals surface area (Å²) in [5.41, 5.74) is 0. The van der Waals surface area contributed by atoms with Crippen molar-refractivity contribution in [3.05, 3.63) is 12.8 Å². The standard InChI is InChI=1S/C11H21NO4S/c1-4-12(3,9-10-17(14,15)16)8-6-5-7-11(2)13/h4H,1,5-10H2,2-3H3/p+1. The van der Waals surface area contributed by atoms with Crippen LogP contribution in [0.15, 0.2) is 12.8 Å². The molecule has 0 radical (unpaired) electrons. The molecular weight excluding hydrogens is 242 g/mol. The van der Waals surface area contributed by atoms with Crippen molar-refractivity contribution in [2.45, 2.75) is 26.2 Å². The molecule has 0 bridgehead atoms. The number of carbonyl (C=O) groups excluding carboxylic acids is 1. The van der Waals surface area contributed by atoms with Crippen LogP contribution in [0.3, 0.4) is 0 Å². The van der Waals surface area contributed by atoms with Gasteiger partial charge in [0.05, 0.1) is 26.3 Å². The van der Waals surface area contributed by atoms with Gasteiger partial charge in [-0.3, -0.25) is 9.04 Å². The summed E-state index contributed by atoms with van der Waals surface area (Å²) < 4.78 is 30.4. The zero-order valence-corrected chi connectivity index (χ0v) is 11.4. The van der Waals surface area contributed by atoms with Crippen LogP contribution in [0, 0.1) is 0 Å². The minimum absolute atomic E-state index is 0.163. The maximum Gasteiger partial charge on any atom is 0.270 e. The van der Waals surface area contributed by atoms with Crippen LogP contribution in [-0.4, -0.2) is 49.1 Å². The Morgan fingerprint density at radius 3 is 2.35 bits per heavy atom. The summed E-state index contributed by atoms with van der Waals surface area (Å²) in [6.07, 6.45) is 3.84. The number of unbranched alkanes of at least 4 members (excludes halogenated alkanes) is 1. The molecule has 1 N–H and O–H groups in total. The number of hydrogen-bond donors (Lipinski definition) is 1. The van der Waals surface area contributed by atoms with Crippen LogP contribution in [0.4, 0.5) is 0 Å². The Morgan fingerprint density at radius 2 is 1.94 bits per heavy atom. The second kappa shape index (κ2) is 6.88. The van der Waals surface area contributed by atoms with Gasteiger partial charge in [-0.15, -0.1) is 0 Å². The lowest BCUT2D eigenvalue weighted by molar-refractivity contribution is -0.857. The van der Waals surface area contributed by atoms with Gasteiger partial charge in [0.1, 0.15) is 11.5 Å². The van der Waals surface area contributed by atoms with Gasteiger partial charge in [0, 0.05) is 6.42 Å². The molecule has 0 aromatic carbocycles. The molecule has 0 aliphatic heterocycles. The fourth-order valence-electron chi connectivity index (χ4n) is 1.47. The maximum atomic E-state index is 10.8. The van der Waals surface area contributed by atoms with Crippen molar-refractivity contribution in [2.75, 3.05) is 25.9 Å². The van der Waals surface area contributed by atoms with E-state index < -0.39 is 10.1 Å². The SMILES string of the molecule is C=C[N+](C)(CCCCC(C)=O)CCS(=O)(=O)O. The molecule has 0 saturated heterocycles. The predicted molar refractivity (Wildman–Crippen MR) is 67.1 cm³/mol. The molecule has 0 saturated carbocycles. The summed E-state index contributed by atoms with van der Waals surface area (Å²) in [5, 5.41) is 0. The minimum atomic E-state index is -3.93. The molecule has 0 aromatic rings. The van der Waals surface area contributed by atoms with Crippen LogP contribution < -0.4 is 0 Å². The van der Waals surface area contributed by atoms with E-state index in [-0.39, 0.29) is 11.5 Å². The summed E-state index contributed by atoms with van der Waals surface area (Å²) in [6.45, 7) is 6.24. The molecule has 0 aliphatic rings. The first-order valence-corrected chi connectivity index (χ1v) is 7.22. The van der Waals surface area contributed by atoms with Gasteiger partial charge in [-0.05, 0) is 26.3 Å². The topological polar surface area (TPSA) is 71.4 Å². The summed E-state index contributed by atoms with van der Waals surface area (Å²) in [6, 6.07) is 0. The highest BCUT2D eigenvalue weighted by atomic mass is 32.2. The largest absolute Gasteiger partial charge is 0.300 e. The lowest BCUT2D eigenvalue weighted by atomic mass is 10.2. The quantitative estimate of drug-likeness (QED) is 0.386. The van der Waals surface area contributed by atoms with Crippen molar-refractivity contribution in [3.8, 4) is 0 Å². The fourth-order valence-corrected chi connectivity index (χ4v) is 2.11. The van der Waals surface area contributed by atoms with E-state index >= 15 is 0 Å². The Labute approximate surface area is 103 Å². The third-order valence-corrected chi connectivity index (χ3v) is 3.45. The van der Waals surface area contributed by atoms with E-state index in [1.54, 1.807) is 13.1 Å². The van der Waals surface area contributed by atoms with Crippen molar-refractivity contribution in [1.82, 2.24) is 0 Å². The lowest BCUT2D eigenvalue weighted by Crippen LogP contribution is -2.42. The molecule has 0 aliphatic carbocycles. The number of ketones is 1. The Morgan fingerprint density at radius 1 is 1.35 bits per heavy atom. The first kappa shape index (κ1) is 16.3. The highest BCUT2D eigenvalue weighted by molar-refractivity contribution is 7.85. The third kappa shape index (κ3) is 9.02. The monoisotopic (exact) mass is 264 g/mol. The smallest absolute Gasteiger partial charge is 0.270 e. The molecule has 1 unspecified atom stereocenters. The van der Waals surface area contributed by atoms with Crippen LogP contribution in [-0.2, 0) is 14.9 Å². The van der Waals surface area contributed by atoms with Crippen LogP contribution in [0.2, 0.25) is 0 Å². The van der Waals surface area contributed by atoms with E-state index in [4.69, 9.17) is 4.55 Å². The first-order chi connectivity index (χ1) is 7.68. The molecule has 0 aromatic heterocycles. The number of hydrogen-bond acceptors (Lipinski definition) is 3. The zero-order valence-electron chi connectivity index (χ0n) is 10.6. The molecule has 5 nitrogen and oxygen atoms in total. The molecule has 0 heterocycles. The van der Waals surface area contributed by atoms with Gasteiger partial charge in [0.2, 0.25) is 0 Å². The highest BCUT2D eigenvalue weighted by Crippen LogP contribution is 2.08. The van der Waals surface area contributed by atoms with Gasteiger partial charge in [-0.2, -0.15) is 8.42 Å². The van der Waals surface area contributed by atoms with Crippen molar-refractivity contribution in [3.63, 3.8) is 0 Å². The maximum absolute atomic E-state index is 10.8. The van der Waals surface area contributed by atoms with Gasteiger partial charge >= 0.3 is 0 Å². The molecule has 6 heteroatoms. The van der Waals surface area contributed by atoms with E-state index in [1.807, 2.05) is 7.05 Å². The Hall–Kier alpha value is -0.720. The van der Waals surface area contributed by atoms with Crippen LogP contribution in [0.5, 0.6) is 0 Å². The van der Waals surface area contributed by atoms with E-state index in [0.29, 0.717) is 24.0 Å². The summed E-state index contributed by atoms with van der Waals surface area (Å²) in [4.78, 5) is 10.8. The van der Waals surface area contributed by atoms with Crippen LogP contribution >= 0.6 is 0 Å². The number of carbonyl (C=O) groups is 1. The fraction of sp³-hybridized carbons (Fsp3) is 0.727. The summed E-state index contributed by atoms with van der Waals surface area (Å²) in [5.74, 6) is -0.113. The van der Waals surface area contributed by atoms with Gasteiger partial charge in [0.25, 0.3) is 10.1 Å². The van der Waals surface area contributed by atoms with Crippen LogP contribution in [0.25, 0.3) is 0 Å². The lowest BCUT2D eigenvalue weighted by Gasteiger charge is -2.29. The summed E-state index contributed by atoms with van der Waals surface area (Å²) >= 11 is 0. The van der Waals surface area contributed by atoms with Gasteiger partial charge in [-0.1, -0.05) is 0 Å². The molecular formula is C11H22NO4S+. The molecule has 0 amide bonds. The second-order valence-electron chi connectivity index (χ2n) is 4.55. The molecule has 0 fully saturated rings. The number of nitrogens with zero attached hydrogens (tertiary/aromatic N) is 1. The van der Waals surface area contributed by atoms with Gasteiger partial charge in [-0.25, -0.2) is 0 Å². The third-order valence-electron chi connectivity index (χ3n) is 2.75. The molecule has 0 spiro atoms. The van der Waals surface area contributed by atoms with Crippen molar-refractivity contribution >= 4 is 15.9 Å². The second-order valence-corrected chi connectivity index (χ2v) is 6.13. The number of rotatable bonds is 9. The van der Waals surface area contributed by atoms with Gasteiger partial charge < -0.3 is 4.79 Å². The van der Waals surface area contributed by atoms with Crippen LogP contribution in [0.1, 0.15) is 26.2 Å².